The maximum atomic E-state index is 5.67. The van der Waals surface area contributed by atoms with Crippen LogP contribution in [0.4, 0.5) is 5.69 Å². The first-order chi connectivity index (χ1) is 9.36. The van der Waals surface area contributed by atoms with Gasteiger partial charge in [-0.2, -0.15) is 0 Å². The second-order valence-corrected chi connectivity index (χ2v) is 5.69. The number of hydrogen-bond acceptors (Lipinski definition) is 4. The van der Waals surface area contributed by atoms with Crippen LogP contribution in [0.15, 0.2) is 18.3 Å². The predicted octanol–water partition coefficient (Wildman–Crippen LogP) is 1.60. The smallest absolute Gasteiger partial charge is 0.0560 e. The highest BCUT2D eigenvalue weighted by Crippen LogP contribution is 2.25. The first kappa shape index (κ1) is 12.9. The highest BCUT2D eigenvalue weighted by Gasteiger charge is 2.28. The molecule has 0 amide bonds. The molecule has 2 aliphatic heterocycles. The Morgan fingerprint density at radius 1 is 1.21 bits per heavy atom. The molecule has 2 aliphatic rings. The van der Waals surface area contributed by atoms with E-state index in [-0.39, 0.29) is 0 Å². The van der Waals surface area contributed by atoms with Crippen LogP contribution in [-0.4, -0.2) is 42.1 Å². The molecule has 4 heteroatoms. The van der Waals surface area contributed by atoms with Crippen LogP contribution in [0.1, 0.15) is 31.4 Å². The summed E-state index contributed by atoms with van der Waals surface area (Å²) in [5, 5.41) is 0. The molecule has 1 aromatic heterocycles. The zero-order valence-electron chi connectivity index (χ0n) is 11.6. The van der Waals surface area contributed by atoms with Crippen molar-refractivity contribution in [2.45, 2.75) is 38.3 Å². The molecule has 1 unspecified atom stereocenters. The fourth-order valence-electron chi connectivity index (χ4n) is 3.33. The second kappa shape index (κ2) is 5.88. The quantitative estimate of drug-likeness (QED) is 0.897. The van der Waals surface area contributed by atoms with Gasteiger partial charge in [-0.3, -0.25) is 9.88 Å². The molecule has 4 nitrogen and oxygen atoms in total. The van der Waals surface area contributed by atoms with Gasteiger partial charge in [-0.1, -0.05) is 6.42 Å². The van der Waals surface area contributed by atoms with Gasteiger partial charge in [0, 0.05) is 37.6 Å². The summed E-state index contributed by atoms with van der Waals surface area (Å²) < 4.78 is 0. The highest BCUT2D eigenvalue weighted by molar-refractivity contribution is 5.47. The predicted molar refractivity (Wildman–Crippen MR) is 78.2 cm³/mol. The molecule has 0 aliphatic carbocycles. The van der Waals surface area contributed by atoms with Gasteiger partial charge in [-0.25, -0.2) is 0 Å². The third-order valence-electron chi connectivity index (χ3n) is 4.44. The van der Waals surface area contributed by atoms with Gasteiger partial charge in [-0.15, -0.1) is 0 Å². The number of likely N-dealkylation sites (tertiary alicyclic amines) is 1. The first-order valence-electron chi connectivity index (χ1n) is 7.51. The zero-order chi connectivity index (χ0) is 13.1. The zero-order valence-corrected chi connectivity index (χ0v) is 11.6. The number of piperidine rings is 1. The molecule has 104 valence electrons. The topological polar surface area (TPSA) is 45.4 Å². The van der Waals surface area contributed by atoms with Crippen LogP contribution < -0.4 is 10.6 Å². The molecule has 0 aromatic carbocycles. The lowest BCUT2D eigenvalue weighted by Crippen LogP contribution is -2.40. The Bertz CT molecular complexity index is 414. The molecule has 2 fully saturated rings. The molecular formula is C15H24N4. The molecule has 2 saturated heterocycles. The second-order valence-electron chi connectivity index (χ2n) is 5.69. The molecule has 3 heterocycles. The van der Waals surface area contributed by atoms with E-state index in [2.05, 4.69) is 26.9 Å². The van der Waals surface area contributed by atoms with Crippen molar-refractivity contribution in [3.63, 3.8) is 0 Å². The van der Waals surface area contributed by atoms with Crippen LogP contribution in [0.2, 0.25) is 0 Å². The fourth-order valence-corrected chi connectivity index (χ4v) is 3.33. The molecule has 0 spiro atoms. The van der Waals surface area contributed by atoms with E-state index in [1.54, 1.807) is 0 Å². The number of rotatable bonds is 3. The highest BCUT2D eigenvalue weighted by atomic mass is 15.3. The van der Waals surface area contributed by atoms with Crippen molar-refractivity contribution in [1.82, 2.24) is 9.88 Å². The van der Waals surface area contributed by atoms with Crippen molar-refractivity contribution >= 4 is 5.69 Å². The third kappa shape index (κ3) is 2.90. The van der Waals surface area contributed by atoms with E-state index in [4.69, 9.17) is 5.73 Å². The average Bonchev–Trinajstić information content (AvgIpc) is 2.98. The molecule has 2 N–H and O–H groups in total. The maximum absolute atomic E-state index is 5.67. The van der Waals surface area contributed by atoms with Gasteiger partial charge in [0.1, 0.15) is 0 Å². The summed E-state index contributed by atoms with van der Waals surface area (Å²) in [7, 11) is 0. The monoisotopic (exact) mass is 260 g/mol. The molecule has 0 saturated carbocycles. The van der Waals surface area contributed by atoms with E-state index in [0.29, 0.717) is 6.54 Å². The van der Waals surface area contributed by atoms with Gasteiger partial charge in [-0.05, 0) is 44.5 Å². The maximum Gasteiger partial charge on any atom is 0.0560 e. The molecular weight excluding hydrogens is 236 g/mol. The van der Waals surface area contributed by atoms with Gasteiger partial charge in [0.15, 0.2) is 0 Å². The van der Waals surface area contributed by atoms with Crippen LogP contribution in [0, 0.1) is 0 Å². The molecule has 1 aromatic rings. The summed E-state index contributed by atoms with van der Waals surface area (Å²) >= 11 is 0. The Morgan fingerprint density at radius 2 is 2.05 bits per heavy atom. The lowest BCUT2D eigenvalue weighted by molar-refractivity contribution is 0.175. The summed E-state index contributed by atoms with van der Waals surface area (Å²) in [4.78, 5) is 9.45. The normalized spacial score (nSPS) is 24.9. The summed E-state index contributed by atoms with van der Waals surface area (Å²) in [5.74, 6) is 0. The van der Waals surface area contributed by atoms with E-state index in [0.717, 1.165) is 24.8 Å². The van der Waals surface area contributed by atoms with Crippen LogP contribution in [-0.2, 0) is 6.54 Å². The standard InChI is InChI=1S/C15H24N4/c16-11-13-10-14(4-6-17-13)19-9-5-15(12-19)18-7-2-1-3-8-18/h4,6,10,15H,1-3,5,7-9,11-12,16H2. The van der Waals surface area contributed by atoms with E-state index < -0.39 is 0 Å². The van der Waals surface area contributed by atoms with Gasteiger partial charge in [0.05, 0.1) is 5.69 Å². The van der Waals surface area contributed by atoms with Crippen molar-refractivity contribution in [2.24, 2.45) is 5.73 Å². The van der Waals surface area contributed by atoms with E-state index >= 15 is 0 Å². The Balaban J connectivity index is 1.64. The molecule has 19 heavy (non-hydrogen) atoms. The summed E-state index contributed by atoms with van der Waals surface area (Å²) in [6.45, 7) is 5.44. The van der Waals surface area contributed by atoms with Crippen molar-refractivity contribution in [2.75, 3.05) is 31.1 Å². The number of nitrogens with zero attached hydrogens (tertiary/aromatic N) is 3. The van der Waals surface area contributed by atoms with Crippen LogP contribution in [0.25, 0.3) is 0 Å². The lowest BCUT2D eigenvalue weighted by Gasteiger charge is -2.32. The van der Waals surface area contributed by atoms with Crippen LogP contribution >= 0.6 is 0 Å². The lowest BCUT2D eigenvalue weighted by atomic mass is 10.1. The van der Waals surface area contributed by atoms with Gasteiger partial charge in [0.25, 0.3) is 0 Å². The number of hydrogen-bond donors (Lipinski definition) is 1. The van der Waals surface area contributed by atoms with E-state index in [1.165, 1.54) is 44.5 Å². The molecule has 0 bridgehead atoms. The molecule has 0 radical (unpaired) electrons. The minimum Gasteiger partial charge on any atom is -0.370 e. The largest absolute Gasteiger partial charge is 0.370 e. The van der Waals surface area contributed by atoms with Crippen LogP contribution in [0.3, 0.4) is 0 Å². The number of aromatic nitrogens is 1. The molecule has 3 rings (SSSR count). The number of pyridine rings is 1. The molecule has 1 atom stereocenters. The van der Waals surface area contributed by atoms with Crippen LogP contribution in [0.5, 0.6) is 0 Å². The SMILES string of the molecule is NCc1cc(N2CCC(N3CCCCC3)C2)ccn1. The Morgan fingerprint density at radius 3 is 2.84 bits per heavy atom. The van der Waals surface area contributed by atoms with Crippen molar-refractivity contribution < 1.29 is 0 Å². The summed E-state index contributed by atoms with van der Waals surface area (Å²) in [6, 6.07) is 4.99. The fraction of sp³-hybridized carbons (Fsp3) is 0.667. The Hall–Kier alpha value is -1.13. The van der Waals surface area contributed by atoms with E-state index in [1.807, 2.05) is 6.20 Å². The average molecular weight is 260 g/mol. The van der Waals surface area contributed by atoms with Gasteiger partial charge < -0.3 is 10.6 Å². The van der Waals surface area contributed by atoms with Gasteiger partial charge >= 0.3 is 0 Å². The first-order valence-corrected chi connectivity index (χ1v) is 7.51. The Labute approximate surface area is 115 Å². The number of nitrogens with two attached hydrogens (primary N) is 1. The van der Waals surface area contributed by atoms with Crippen molar-refractivity contribution in [3.8, 4) is 0 Å². The Kier molecular flexibility index (Phi) is 3.99. The minimum atomic E-state index is 0.525. The minimum absolute atomic E-state index is 0.525. The van der Waals surface area contributed by atoms with Gasteiger partial charge in [0.2, 0.25) is 0 Å². The third-order valence-corrected chi connectivity index (χ3v) is 4.44. The van der Waals surface area contributed by atoms with Crippen molar-refractivity contribution in [1.29, 1.82) is 0 Å². The van der Waals surface area contributed by atoms with Crippen molar-refractivity contribution in [3.05, 3.63) is 24.0 Å². The van der Waals surface area contributed by atoms with E-state index in [9.17, 15) is 0 Å². The summed E-state index contributed by atoms with van der Waals surface area (Å²) in [6.07, 6.45) is 7.34. The summed E-state index contributed by atoms with van der Waals surface area (Å²) in [5.41, 5.74) is 7.94. The number of anilines is 1.